The molecule has 8 heteroatoms. The largest absolute Gasteiger partial charge is 0.325 e. The maximum Gasteiger partial charge on any atom is 0.269 e. The highest BCUT2D eigenvalue weighted by Crippen LogP contribution is 2.18. The van der Waals surface area contributed by atoms with Gasteiger partial charge in [0.05, 0.1) is 51.1 Å². The molecule has 0 aliphatic rings. The number of nitrogens with zero attached hydrogens (tertiary/aromatic N) is 4. The lowest BCUT2D eigenvalue weighted by molar-refractivity contribution is -0.903. The van der Waals surface area contributed by atoms with E-state index in [0.29, 0.717) is 0 Å². The summed E-state index contributed by atoms with van der Waals surface area (Å²) >= 11 is 0. The van der Waals surface area contributed by atoms with Gasteiger partial charge in [-0.05, 0) is 49.9 Å². The van der Waals surface area contributed by atoms with Crippen molar-refractivity contribution in [2.24, 2.45) is 0 Å². The zero-order valence-electron chi connectivity index (χ0n) is 22.5. The van der Waals surface area contributed by atoms with E-state index in [1.807, 2.05) is 24.3 Å². The van der Waals surface area contributed by atoms with Crippen LogP contribution >= 0.6 is 0 Å². The smallest absolute Gasteiger partial charge is 0.269 e. The summed E-state index contributed by atoms with van der Waals surface area (Å²) in [7, 11) is 8.90. The molecule has 0 atom stereocenters. The van der Waals surface area contributed by atoms with E-state index in [2.05, 4.69) is 28.2 Å². The summed E-state index contributed by atoms with van der Waals surface area (Å²) in [5, 5.41) is 21.6. The summed E-state index contributed by atoms with van der Waals surface area (Å²) < 4.78 is 1.79. The second-order valence-corrected chi connectivity index (χ2v) is 11.3. The van der Waals surface area contributed by atoms with Crippen LogP contribution in [0.5, 0.6) is 0 Å². The molecule has 198 valence electrons. The van der Waals surface area contributed by atoms with Gasteiger partial charge in [0.15, 0.2) is 0 Å². The lowest BCUT2D eigenvalue weighted by atomic mass is 10.1. The van der Waals surface area contributed by atoms with Crippen molar-refractivity contribution in [3.05, 3.63) is 79.9 Å². The second-order valence-electron chi connectivity index (χ2n) is 11.3. The Kier molecular flexibility index (Phi) is 11.5. The van der Waals surface area contributed by atoms with Crippen molar-refractivity contribution < 1.29 is 18.8 Å². The normalized spacial score (nSPS) is 12.0. The number of rotatable bonds is 17. The number of nitro groups is 2. The van der Waals surface area contributed by atoms with Gasteiger partial charge in [-0.1, -0.05) is 25.7 Å². The molecule has 2 aromatic rings. The molecule has 8 nitrogen and oxygen atoms in total. The highest BCUT2D eigenvalue weighted by molar-refractivity contribution is 5.33. The van der Waals surface area contributed by atoms with Gasteiger partial charge in [-0.15, -0.1) is 0 Å². The Labute approximate surface area is 216 Å². The molecule has 0 aliphatic heterocycles. The van der Waals surface area contributed by atoms with E-state index >= 15 is 0 Å². The third-order valence-corrected chi connectivity index (χ3v) is 6.79. The number of hydrogen-bond acceptors (Lipinski definition) is 4. The maximum absolute atomic E-state index is 10.8. The van der Waals surface area contributed by atoms with Crippen molar-refractivity contribution in [2.75, 3.05) is 41.3 Å². The van der Waals surface area contributed by atoms with Crippen LogP contribution in [0.2, 0.25) is 0 Å². The van der Waals surface area contributed by atoms with Crippen LogP contribution in [0.4, 0.5) is 11.4 Å². The van der Waals surface area contributed by atoms with Crippen LogP contribution in [0.25, 0.3) is 0 Å². The number of hydrogen-bond donors (Lipinski definition) is 0. The fourth-order valence-electron chi connectivity index (χ4n) is 4.73. The minimum Gasteiger partial charge on any atom is -0.325 e. The van der Waals surface area contributed by atoms with Gasteiger partial charge < -0.3 is 8.97 Å². The third kappa shape index (κ3) is 11.3. The van der Waals surface area contributed by atoms with E-state index in [4.69, 9.17) is 0 Å². The number of quaternary nitrogens is 2. The average molecular weight is 501 g/mol. The summed E-state index contributed by atoms with van der Waals surface area (Å²) in [6, 6.07) is 13.8. The van der Waals surface area contributed by atoms with Gasteiger partial charge in [0.2, 0.25) is 0 Å². The van der Waals surface area contributed by atoms with Gasteiger partial charge in [-0.3, -0.25) is 20.2 Å². The fraction of sp³-hybridized carbons (Fsp3) is 0.571. The van der Waals surface area contributed by atoms with Gasteiger partial charge >= 0.3 is 0 Å². The van der Waals surface area contributed by atoms with E-state index in [-0.39, 0.29) is 21.2 Å². The molecule has 0 bridgehead atoms. The van der Waals surface area contributed by atoms with Crippen molar-refractivity contribution in [3.63, 3.8) is 0 Å². The molecule has 0 saturated carbocycles. The predicted molar refractivity (Wildman–Crippen MR) is 144 cm³/mol. The first kappa shape index (κ1) is 29.4. The van der Waals surface area contributed by atoms with Crippen LogP contribution in [0.3, 0.4) is 0 Å². The molecule has 0 aliphatic carbocycles. The Morgan fingerprint density at radius 2 is 0.806 bits per heavy atom. The van der Waals surface area contributed by atoms with Gasteiger partial charge in [-0.2, -0.15) is 0 Å². The third-order valence-electron chi connectivity index (χ3n) is 6.79. The monoisotopic (exact) mass is 500 g/mol. The highest BCUT2D eigenvalue weighted by atomic mass is 16.6. The Morgan fingerprint density at radius 3 is 1.08 bits per heavy atom. The van der Waals surface area contributed by atoms with E-state index in [1.165, 1.54) is 51.4 Å². The summed E-state index contributed by atoms with van der Waals surface area (Å²) in [4.78, 5) is 20.9. The molecule has 0 amide bonds. The molecule has 2 rings (SSSR count). The summed E-state index contributed by atoms with van der Waals surface area (Å²) in [5.41, 5.74) is 2.57. The van der Waals surface area contributed by atoms with Gasteiger partial charge in [0.25, 0.3) is 11.4 Å². The molecule has 0 saturated heterocycles. The number of non-ortho nitro benzene ring substituents is 2. The van der Waals surface area contributed by atoms with E-state index in [9.17, 15) is 20.2 Å². The van der Waals surface area contributed by atoms with Gasteiger partial charge in [-0.25, -0.2) is 0 Å². The first-order valence-electron chi connectivity index (χ1n) is 13.1. The number of benzene rings is 2. The topological polar surface area (TPSA) is 86.3 Å². The Bertz CT molecular complexity index is 877. The number of unbranched alkanes of at least 4 members (excludes halogenated alkanes) is 7. The van der Waals surface area contributed by atoms with Crippen LogP contribution < -0.4 is 0 Å². The molecule has 0 radical (unpaired) electrons. The summed E-state index contributed by atoms with van der Waals surface area (Å²) in [6.07, 6.45) is 10.0. The quantitative estimate of drug-likeness (QED) is 0.108. The standard InChI is InChI=1S/C28H44N4O4/c1-31(2,23-25-13-17-27(18-14-25)29(33)34)21-11-9-7-5-6-8-10-12-22-32(3,4)24-26-15-19-28(20-16-26)30(35)36/h13-20H,5-12,21-24H2,1-4H3/q+2. The lowest BCUT2D eigenvalue weighted by Gasteiger charge is -2.30. The molecule has 0 fully saturated rings. The van der Waals surface area contributed by atoms with E-state index < -0.39 is 0 Å². The predicted octanol–water partition coefficient (Wildman–Crippen LogP) is 6.48. The number of nitro benzene ring substituents is 2. The molecule has 2 aromatic carbocycles. The van der Waals surface area contributed by atoms with Crippen molar-refractivity contribution in [1.82, 2.24) is 0 Å². The lowest BCUT2D eigenvalue weighted by Crippen LogP contribution is -2.39. The average Bonchev–Trinajstić information content (AvgIpc) is 2.80. The minimum absolute atomic E-state index is 0.147. The molecule has 36 heavy (non-hydrogen) atoms. The molecule has 0 N–H and O–H groups in total. The first-order chi connectivity index (χ1) is 17.0. The van der Waals surface area contributed by atoms with Crippen molar-refractivity contribution >= 4 is 11.4 Å². The van der Waals surface area contributed by atoms with Crippen LogP contribution in [-0.4, -0.2) is 60.1 Å². The molecular formula is C28H44N4O4+2. The SMILES string of the molecule is C[N+](C)(CCCCCCCCCC[N+](C)(C)Cc1ccc([N+](=O)[O-])cc1)Cc1ccc([N+](=O)[O-])cc1. The van der Waals surface area contributed by atoms with Crippen LogP contribution in [0.15, 0.2) is 48.5 Å². The van der Waals surface area contributed by atoms with Gasteiger partial charge in [0.1, 0.15) is 13.1 Å². The Morgan fingerprint density at radius 1 is 0.528 bits per heavy atom. The van der Waals surface area contributed by atoms with Crippen molar-refractivity contribution in [1.29, 1.82) is 0 Å². The molecule has 0 heterocycles. The zero-order chi connectivity index (χ0) is 26.6. The van der Waals surface area contributed by atoms with Crippen LogP contribution in [0.1, 0.15) is 62.5 Å². The molecule has 0 aromatic heterocycles. The van der Waals surface area contributed by atoms with Crippen LogP contribution in [-0.2, 0) is 13.1 Å². The van der Waals surface area contributed by atoms with Crippen molar-refractivity contribution in [2.45, 2.75) is 64.5 Å². The maximum atomic E-state index is 10.8. The Hall–Kier alpha value is -2.84. The minimum atomic E-state index is -0.353. The first-order valence-corrected chi connectivity index (χ1v) is 13.1. The zero-order valence-corrected chi connectivity index (χ0v) is 22.5. The summed E-state index contributed by atoms with van der Waals surface area (Å²) in [5.74, 6) is 0. The van der Waals surface area contributed by atoms with Crippen LogP contribution in [0, 0.1) is 20.2 Å². The Balaban J connectivity index is 1.52. The second kappa shape index (κ2) is 14.0. The molecular weight excluding hydrogens is 456 g/mol. The van der Waals surface area contributed by atoms with E-state index in [1.54, 1.807) is 24.3 Å². The van der Waals surface area contributed by atoms with Gasteiger partial charge in [0, 0.05) is 35.4 Å². The van der Waals surface area contributed by atoms with E-state index in [0.717, 1.165) is 46.3 Å². The summed E-state index contributed by atoms with van der Waals surface area (Å²) in [6.45, 7) is 3.99. The fourth-order valence-corrected chi connectivity index (χ4v) is 4.73. The molecule has 0 spiro atoms. The molecule has 0 unspecified atom stereocenters. The van der Waals surface area contributed by atoms with Crippen molar-refractivity contribution in [3.8, 4) is 0 Å². The highest BCUT2D eigenvalue weighted by Gasteiger charge is 2.17.